The number of urea groups is 1. The minimum absolute atomic E-state index is 0.170. The van der Waals surface area contributed by atoms with Crippen LogP contribution in [-0.4, -0.2) is 93.5 Å². The highest BCUT2D eigenvalue weighted by molar-refractivity contribution is 6.42. The van der Waals surface area contributed by atoms with Crippen molar-refractivity contribution in [3.63, 3.8) is 0 Å². The van der Waals surface area contributed by atoms with Crippen LogP contribution in [0, 0.1) is 0 Å². The molecule has 45 heavy (non-hydrogen) atoms. The number of aromatic nitrogens is 2. The summed E-state index contributed by atoms with van der Waals surface area (Å²) < 4.78 is 16.1. The zero-order valence-electron chi connectivity index (χ0n) is 26.6. The fourth-order valence-electron chi connectivity index (χ4n) is 4.81. The number of anilines is 5. The molecule has 0 radical (unpaired) electrons. The van der Waals surface area contributed by atoms with Crippen molar-refractivity contribution in [3.05, 3.63) is 52.8 Å². The molecular formula is C31H39Cl2N7O5. The van der Waals surface area contributed by atoms with Crippen molar-refractivity contribution in [2.75, 3.05) is 81.1 Å². The average molecular weight is 661 g/mol. The lowest BCUT2D eigenvalue weighted by Gasteiger charge is -2.36. The second-order valence-corrected chi connectivity index (χ2v) is 12.2. The quantitative estimate of drug-likeness (QED) is 0.287. The summed E-state index contributed by atoms with van der Waals surface area (Å²) in [5.74, 6) is 1.29. The Balaban J connectivity index is 1.38. The molecule has 3 aromatic rings. The lowest BCUT2D eigenvalue weighted by molar-refractivity contribution is -0.156. The third-order valence-corrected chi connectivity index (χ3v) is 7.84. The van der Waals surface area contributed by atoms with Crippen LogP contribution in [0.5, 0.6) is 11.5 Å². The Hall–Kier alpha value is -4.00. The zero-order valence-corrected chi connectivity index (χ0v) is 28.1. The third-order valence-electron chi connectivity index (χ3n) is 7.11. The number of piperazine rings is 1. The van der Waals surface area contributed by atoms with Gasteiger partial charge >= 0.3 is 12.0 Å². The van der Waals surface area contributed by atoms with Crippen LogP contribution in [0.4, 0.5) is 33.5 Å². The van der Waals surface area contributed by atoms with Crippen molar-refractivity contribution in [3.8, 4) is 11.5 Å². The summed E-state index contributed by atoms with van der Waals surface area (Å²) in [5, 5.41) is 3.61. The number of methoxy groups -OCH3 is 2. The van der Waals surface area contributed by atoms with E-state index in [0.717, 1.165) is 37.6 Å². The molecule has 0 saturated carbocycles. The van der Waals surface area contributed by atoms with Gasteiger partial charge in [0.1, 0.15) is 45.1 Å². The summed E-state index contributed by atoms with van der Waals surface area (Å²) >= 11 is 13.0. The van der Waals surface area contributed by atoms with Crippen LogP contribution in [0.15, 0.2) is 42.7 Å². The van der Waals surface area contributed by atoms with E-state index < -0.39 is 11.6 Å². The maximum Gasteiger partial charge on any atom is 0.329 e. The van der Waals surface area contributed by atoms with E-state index in [2.05, 4.69) is 25.1 Å². The second kappa shape index (κ2) is 14.4. The molecule has 14 heteroatoms. The van der Waals surface area contributed by atoms with Crippen molar-refractivity contribution in [1.29, 1.82) is 0 Å². The van der Waals surface area contributed by atoms with E-state index in [1.54, 1.807) is 26.2 Å². The molecule has 1 aliphatic rings. The molecule has 0 spiro atoms. The van der Waals surface area contributed by atoms with Gasteiger partial charge in [0, 0.05) is 63.8 Å². The van der Waals surface area contributed by atoms with E-state index >= 15 is 0 Å². The van der Waals surface area contributed by atoms with E-state index in [0.29, 0.717) is 29.7 Å². The molecule has 1 aromatic heterocycles. The predicted molar refractivity (Wildman–Crippen MR) is 178 cm³/mol. The summed E-state index contributed by atoms with van der Waals surface area (Å²) in [6, 6.07) is 10.8. The van der Waals surface area contributed by atoms with Gasteiger partial charge in [-0.05, 0) is 45.0 Å². The van der Waals surface area contributed by atoms with Crippen molar-refractivity contribution in [2.45, 2.75) is 26.4 Å². The number of nitrogens with one attached hydrogen (secondary N) is 1. The first kappa shape index (κ1) is 33.9. The van der Waals surface area contributed by atoms with Crippen LogP contribution < -0.4 is 29.5 Å². The number of carbonyl (C=O) groups is 2. The van der Waals surface area contributed by atoms with Gasteiger partial charge in [0.25, 0.3) is 0 Å². The Labute approximate surface area is 273 Å². The van der Waals surface area contributed by atoms with Gasteiger partial charge in [-0.3, -0.25) is 19.5 Å². The van der Waals surface area contributed by atoms with Crippen LogP contribution in [0.25, 0.3) is 0 Å². The summed E-state index contributed by atoms with van der Waals surface area (Å²) in [5.41, 5.74) is 1.66. The molecule has 2 heterocycles. The Morgan fingerprint density at radius 3 is 2.07 bits per heavy atom. The fraction of sp³-hybridized carbons (Fsp3) is 0.419. The molecule has 4 rings (SSSR count). The number of nitrogens with zero attached hydrogens (tertiary/aromatic N) is 6. The first-order chi connectivity index (χ1) is 21.3. The van der Waals surface area contributed by atoms with E-state index in [1.165, 1.54) is 30.3 Å². The number of ether oxygens (including phenoxy) is 3. The molecule has 1 saturated heterocycles. The monoisotopic (exact) mass is 659 g/mol. The Morgan fingerprint density at radius 2 is 1.51 bits per heavy atom. The number of rotatable bonds is 9. The van der Waals surface area contributed by atoms with Crippen molar-refractivity contribution in [2.24, 2.45) is 0 Å². The Kier molecular flexibility index (Phi) is 10.8. The first-order valence-corrected chi connectivity index (χ1v) is 15.1. The van der Waals surface area contributed by atoms with Gasteiger partial charge in [-0.2, -0.15) is 0 Å². The number of benzene rings is 2. The molecule has 0 unspecified atom stereocenters. The minimum atomic E-state index is -0.484. The van der Waals surface area contributed by atoms with E-state index in [9.17, 15) is 9.59 Å². The van der Waals surface area contributed by atoms with Gasteiger partial charge in [-0.15, -0.1) is 0 Å². The smallest absolute Gasteiger partial charge is 0.329 e. The maximum absolute atomic E-state index is 13.5. The second-order valence-electron chi connectivity index (χ2n) is 11.4. The molecule has 0 atom stereocenters. The standard InChI is InChI=1S/C31H39Cl2N7O5/c1-31(2,3)45-26(41)18-39-12-14-40(15-13-39)21-10-8-20(9-11-21)36-24-17-25(35-19-34-24)37(4)30(42)38(5)29-27(32)22(43-6)16-23(44-7)28(29)33/h8-11,16-17,19H,12-15,18H2,1-7H3,(H,34,35,36). The van der Waals surface area contributed by atoms with Crippen molar-refractivity contribution >= 4 is 63.9 Å². The van der Waals surface area contributed by atoms with Crippen LogP contribution in [0.3, 0.4) is 0 Å². The minimum Gasteiger partial charge on any atom is -0.495 e. The molecule has 12 nitrogen and oxygen atoms in total. The highest BCUT2D eigenvalue weighted by Gasteiger charge is 2.27. The molecule has 2 aromatic carbocycles. The van der Waals surface area contributed by atoms with Crippen molar-refractivity contribution < 1.29 is 23.8 Å². The number of esters is 1. The molecule has 1 fully saturated rings. The highest BCUT2D eigenvalue weighted by atomic mass is 35.5. The molecule has 0 bridgehead atoms. The maximum atomic E-state index is 13.5. The van der Waals surface area contributed by atoms with Crippen LogP contribution in [0.1, 0.15) is 20.8 Å². The Morgan fingerprint density at radius 1 is 0.911 bits per heavy atom. The average Bonchev–Trinajstić information content (AvgIpc) is 3.00. The summed E-state index contributed by atoms with van der Waals surface area (Å²) in [7, 11) is 6.07. The zero-order chi connectivity index (χ0) is 32.9. The normalized spacial score (nSPS) is 13.7. The predicted octanol–water partition coefficient (Wildman–Crippen LogP) is 5.70. The van der Waals surface area contributed by atoms with E-state index in [4.69, 9.17) is 37.4 Å². The van der Waals surface area contributed by atoms with E-state index in [-0.39, 0.29) is 21.7 Å². The lowest BCUT2D eigenvalue weighted by atomic mass is 10.2. The largest absolute Gasteiger partial charge is 0.495 e. The summed E-state index contributed by atoms with van der Waals surface area (Å²) in [6.45, 7) is 9.07. The molecule has 1 aliphatic heterocycles. The Bertz CT molecular complexity index is 1480. The number of carbonyl (C=O) groups excluding carboxylic acids is 2. The van der Waals surface area contributed by atoms with Gasteiger partial charge in [-0.25, -0.2) is 14.8 Å². The fourth-order valence-corrected chi connectivity index (χ4v) is 5.56. The van der Waals surface area contributed by atoms with Crippen molar-refractivity contribution in [1.82, 2.24) is 14.9 Å². The van der Waals surface area contributed by atoms with Gasteiger partial charge in [0.05, 0.1) is 26.5 Å². The number of hydrogen-bond donors (Lipinski definition) is 1. The topological polar surface area (TPSA) is 113 Å². The van der Waals surface area contributed by atoms with Gasteiger partial charge < -0.3 is 24.4 Å². The SMILES string of the molecule is COc1cc(OC)c(Cl)c(N(C)C(=O)N(C)c2cc(Nc3ccc(N4CCN(CC(=O)OC(C)(C)C)CC4)cc3)ncn2)c1Cl. The number of hydrogen-bond acceptors (Lipinski definition) is 10. The highest BCUT2D eigenvalue weighted by Crippen LogP contribution is 2.46. The van der Waals surface area contributed by atoms with E-state index in [1.807, 2.05) is 45.0 Å². The van der Waals surface area contributed by atoms with Crippen LogP contribution >= 0.6 is 23.2 Å². The summed E-state index contributed by atoms with van der Waals surface area (Å²) in [4.78, 5) is 41.3. The van der Waals surface area contributed by atoms with Gasteiger partial charge in [-0.1, -0.05) is 23.2 Å². The number of amides is 2. The van der Waals surface area contributed by atoms with Gasteiger partial charge in [0.2, 0.25) is 0 Å². The van der Waals surface area contributed by atoms with Crippen LogP contribution in [0.2, 0.25) is 10.0 Å². The molecule has 242 valence electrons. The first-order valence-electron chi connectivity index (χ1n) is 14.3. The lowest BCUT2D eigenvalue weighted by Crippen LogP contribution is -2.48. The van der Waals surface area contributed by atoms with Crippen LogP contribution in [-0.2, 0) is 9.53 Å². The summed E-state index contributed by atoms with van der Waals surface area (Å²) in [6.07, 6.45) is 1.38. The number of halogens is 2. The van der Waals surface area contributed by atoms with Gasteiger partial charge in [0.15, 0.2) is 0 Å². The molecule has 1 N–H and O–H groups in total. The molecule has 0 aliphatic carbocycles. The molecule has 2 amide bonds. The third kappa shape index (κ3) is 8.38. The molecular weight excluding hydrogens is 621 g/mol.